The van der Waals surface area contributed by atoms with Gasteiger partial charge in [-0.25, -0.2) is 4.98 Å². The standard InChI is InChI=1S/C16H16ClN3O2.ClH/c1-2-18-10-14(21)19-12-8-9-13(17)20-15(12)16(22)11-6-4-3-5-7-11;/h3-9,18H,2,10H2,1H3,(H,19,21);1H. The zero-order valence-electron chi connectivity index (χ0n) is 12.6. The molecule has 0 aliphatic carbocycles. The number of pyridine rings is 1. The fourth-order valence-corrected chi connectivity index (χ4v) is 2.06. The fraction of sp³-hybridized carbons (Fsp3) is 0.188. The van der Waals surface area contributed by atoms with Gasteiger partial charge in [-0.05, 0) is 19.1 Å². The zero-order valence-corrected chi connectivity index (χ0v) is 14.1. The number of benzene rings is 1. The van der Waals surface area contributed by atoms with Crippen LogP contribution in [0.3, 0.4) is 0 Å². The second-order valence-electron chi connectivity index (χ2n) is 4.67. The summed E-state index contributed by atoms with van der Waals surface area (Å²) in [6.07, 6.45) is 0. The minimum atomic E-state index is -0.280. The van der Waals surface area contributed by atoms with Crippen LogP contribution < -0.4 is 23.0 Å². The lowest BCUT2D eigenvalue weighted by Gasteiger charge is -2.09. The summed E-state index contributed by atoms with van der Waals surface area (Å²) in [4.78, 5) is 28.5. The molecule has 5 nitrogen and oxygen atoms in total. The minimum Gasteiger partial charge on any atom is -1.00 e. The maximum Gasteiger partial charge on any atom is 0.279 e. The Balaban J connectivity index is 0.00000264. The highest BCUT2D eigenvalue weighted by atomic mass is 35.5. The quantitative estimate of drug-likeness (QED) is 0.489. The average Bonchev–Trinajstić information content (AvgIpc) is 2.54. The van der Waals surface area contributed by atoms with Crippen LogP contribution in [0, 0.1) is 0 Å². The molecular weight excluding hydrogens is 337 g/mol. The second-order valence-corrected chi connectivity index (χ2v) is 5.06. The number of quaternary nitrogens is 1. The van der Waals surface area contributed by atoms with Gasteiger partial charge in [0.2, 0.25) is 5.78 Å². The number of carbonyl (C=O) groups excluding carboxylic acids is 2. The van der Waals surface area contributed by atoms with Gasteiger partial charge in [0.1, 0.15) is 10.8 Å². The van der Waals surface area contributed by atoms with Crippen LogP contribution in [0.25, 0.3) is 0 Å². The highest BCUT2D eigenvalue weighted by Gasteiger charge is 2.18. The molecule has 1 aromatic carbocycles. The van der Waals surface area contributed by atoms with Crippen molar-refractivity contribution >= 4 is 29.0 Å². The third-order valence-corrected chi connectivity index (χ3v) is 3.22. The Kier molecular flexibility index (Phi) is 7.68. The molecule has 0 spiro atoms. The van der Waals surface area contributed by atoms with Crippen molar-refractivity contribution in [2.75, 3.05) is 18.4 Å². The van der Waals surface area contributed by atoms with E-state index in [-0.39, 0.29) is 41.5 Å². The number of rotatable bonds is 6. The van der Waals surface area contributed by atoms with E-state index in [9.17, 15) is 9.59 Å². The smallest absolute Gasteiger partial charge is 0.279 e. The van der Waals surface area contributed by atoms with Crippen molar-refractivity contribution < 1.29 is 27.3 Å². The summed E-state index contributed by atoms with van der Waals surface area (Å²) in [5.74, 6) is -0.467. The number of aromatic nitrogens is 1. The predicted octanol–water partition coefficient (Wildman–Crippen LogP) is -1.51. The van der Waals surface area contributed by atoms with Gasteiger partial charge in [0.25, 0.3) is 5.91 Å². The van der Waals surface area contributed by atoms with Gasteiger partial charge in [0, 0.05) is 5.56 Å². The van der Waals surface area contributed by atoms with Crippen LogP contribution in [-0.2, 0) is 4.79 Å². The molecule has 2 rings (SSSR count). The number of likely N-dealkylation sites (N-methyl/N-ethyl adjacent to an activating group) is 1. The third-order valence-electron chi connectivity index (χ3n) is 3.00. The molecule has 3 N–H and O–H groups in total. The molecule has 1 heterocycles. The summed E-state index contributed by atoms with van der Waals surface area (Å²) in [6.45, 7) is 3.06. The number of anilines is 1. The van der Waals surface area contributed by atoms with E-state index in [4.69, 9.17) is 11.6 Å². The Morgan fingerprint density at radius 3 is 2.52 bits per heavy atom. The van der Waals surface area contributed by atoms with Crippen molar-refractivity contribution in [1.82, 2.24) is 4.98 Å². The van der Waals surface area contributed by atoms with E-state index in [2.05, 4.69) is 10.3 Å². The number of nitrogens with zero attached hydrogens (tertiary/aromatic N) is 1. The molecule has 0 bridgehead atoms. The number of hydrogen-bond acceptors (Lipinski definition) is 3. The molecule has 2 aromatic rings. The molecule has 0 radical (unpaired) electrons. The zero-order chi connectivity index (χ0) is 15.9. The Labute approximate surface area is 145 Å². The topological polar surface area (TPSA) is 75.7 Å². The maximum absolute atomic E-state index is 12.5. The number of carbonyl (C=O) groups is 2. The SMILES string of the molecule is CC[NH2+]CC(=O)Nc1ccc(Cl)nc1C(=O)c1ccccc1.[Cl-]. The minimum absolute atomic E-state index is 0. The van der Waals surface area contributed by atoms with Crippen LogP contribution in [0.15, 0.2) is 42.5 Å². The first kappa shape index (κ1) is 19.1. The molecule has 0 unspecified atom stereocenters. The predicted molar refractivity (Wildman–Crippen MR) is 85.1 cm³/mol. The number of amides is 1. The second kappa shape index (κ2) is 9.25. The number of ketones is 1. The van der Waals surface area contributed by atoms with E-state index in [0.29, 0.717) is 11.3 Å². The average molecular weight is 354 g/mol. The summed E-state index contributed by atoms with van der Waals surface area (Å²) in [5.41, 5.74) is 1.00. The van der Waals surface area contributed by atoms with Gasteiger partial charge in [-0.1, -0.05) is 41.9 Å². The summed E-state index contributed by atoms with van der Waals surface area (Å²) >= 11 is 5.89. The monoisotopic (exact) mass is 353 g/mol. The molecule has 0 atom stereocenters. The summed E-state index contributed by atoms with van der Waals surface area (Å²) in [5, 5.41) is 4.78. The van der Waals surface area contributed by atoms with Gasteiger partial charge in [0.05, 0.1) is 12.2 Å². The number of halogens is 2. The lowest BCUT2D eigenvalue weighted by atomic mass is 10.1. The van der Waals surface area contributed by atoms with Crippen LogP contribution in [0.1, 0.15) is 23.0 Å². The lowest BCUT2D eigenvalue weighted by Crippen LogP contribution is -3.00. The Morgan fingerprint density at radius 2 is 1.87 bits per heavy atom. The summed E-state index contributed by atoms with van der Waals surface area (Å²) in [7, 11) is 0. The number of hydrogen-bond donors (Lipinski definition) is 2. The molecule has 0 fully saturated rings. The van der Waals surface area contributed by atoms with E-state index in [1.165, 1.54) is 0 Å². The van der Waals surface area contributed by atoms with Crippen molar-refractivity contribution in [3.63, 3.8) is 0 Å². The normalized spacial score (nSPS) is 9.83. The molecule has 23 heavy (non-hydrogen) atoms. The van der Waals surface area contributed by atoms with E-state index in [1.807, 2.05) is 18.3 Å². The largest absolute Gasteiger partial charge is 1.00 e. The maximum atomic E-state index is 12.5. The summed E-state index contributed by atoms with van der Waals surface area (Å²) < 4.78 is 0. The molecule has 7 heteroatoms. The first-order chi connectivity index (χ1) is 10.6. The van der Waals surface area contributed by atoms with Crippen LogP contribution in [0.2, 0.25) is 5.15 Å². The van der Waals surface area contributed by atoms with Gasteiger partial charge < -0.3 is 23.0 Å². The highest BCUT2D eigenvalue weighted by molar-refractivity contribution is 6.30. The van der Waals surface area contributed by atoms with E-state index >= 15 is 0 Å². The highest BCUT2D eigenvalue weighted by Crippen LogP contribution is 2.20. The van der Waals surface area contributed by atoms with Gasteiger partial charge in [-0.2, -0.15) is 0 Å². The van der Waals surface area contributed by atoms with E-state index in [0.717, 1.165) is 6.54 Å². The fourth-order valence-electron chi connectivity index (χ4n) is 1.91. The van der Waals surface area contributed by atoms with Crippen molar-refractivity contribution in [3.05, 3.63) is 58.9 Å². The Bertz CT molecular complexity index is 678. The molecular formula is C16H17Cl2N3O2. The van der Waals surface area contributed by atoms with Crippen molar-refractivity contribution in [2.24, 2.45) is 0 Å². The first-order valence-electron chi connectivity index (χ1n) is 6.99. The van der Waals surface area contributed by atoms with Crippen molar-refractivity contribution in [3.8, 4) is 0 Å². The Morgan fingerprint density at radius 1 is 1.17 bits per heavy atom. The first-order valence-corrected chi connectivity index (χ1v) is 7.37. The number of nitrogens with two attached hydrogens (primary N) is 1. The molecule has 0 aliphatic rings. The lowest BCUT2D eigenvalue weighted by molar-refractivity contribution is -0.640. The molecule has 122 valence electrons. The molecule has 1 aromatic heterocycles. The molecule has 0 saturated carbocycles. The van der Waals surface area contributed by atoms with Crippen molar-refractivity contribution in [2.45, 2.75) is 6.92 Å². The van der Waals surface area contributed by atoms with Gasteiger partial charge in [-0.3, -0.25) is 9.59 Å². The third kappa shape index (κ3) is 5.32. The molecule has 1 amide bonds. The number of nitrogens with one attached hydrogen (secondary N) is 1. The van der Waals surface area contributed by atoms with Crippen LogP contribution in [0.4, 0.5) is 5.69 Å². The van der Waals surface area contributed by atoms with Crippen LogP contribution in [-0.4, -0.2) is 29.8 Å². The van der Waals surface area contributed by atoms with Gasteiger partial charge in [0.15, 0.2) is 6.54 Å². The van der Waals surface area contributed by atoms with E-state index in [1.54, 1.807) is 36.4 Å². The Hall–Kier alpha value is -1.95. The van der Waals surface area contributed by atoms with Crippen LogP contribution in [0.5, 0.6) is 0 Å². The van der Waals surface area contributed by atoms with Crippen molar-refractivity contribution in [1.29, 1.82) is 0 Å². The van der Waals surface area contributed by atoms with Gasteiger partial charge >= 0.3 is 0 Å². The van der Waals surface area contributed by atoms with Crippen LogP contribution >= 0.6 is 11.6 Å². The van der Waals surface area contributed by atoms with E-state index < -0.39 is 0 Å². The molecule has 0 saturated heterocycles. The molecule has 0 aliphatic heterocycles. The van der Waals surface area contributed by atoms with Gasteiger partial charge in [-0.15, -0.1) is 0 Å². The summed E-state index contributed by atoms with van der Waals surface area (Å²) in [6, 6.07) is 11.9.